The Bertz CT molecular complexity index is 866. The third kappa shape index (κ3) is 5.40. The average molecular weight is 444 g/mol. The van der Waals surface area contributed by atoms with Gasteiger partial charge in [0.2, 0.25) is 5.91 Å². The van der Waals surface area contributed by atoms with Gasteiger partial charge in [-0.15, -0.1) is 13.2 Å². The van der Waals surface area contributed by atoms with E-state index in [0.717, 1.165) is 0 Å². The van der Waals surface area contributed by atoms with Crippen LogP contribution in [0.1, 0.15) is 5.56 Å². The van der Waals surface area contributed by atoms with Crippen LogP contribution in [0.15, 0.2) is 46.9 Å². The summed E-state index contributed by atoms with van der Waals surface area (Å²) >= 11 is 3.35. The zero-order valence-corrected chi connectivity index (χ0v) is 15.3. The number of rotatable bonds is 4. The molecule has 0 aliphatic carbocycles. The lowest BCUT2D eigenvalue weighted by Gasteiger charge is -2.19. The molecule has 0 radical (unpaired) electrons. The van der Waals surface area contributed by atoms with Crippen molar-refractivity contribution in [2.45, 2.75) is 6.36 Å². The summed E-state index contributed by atoms with van der Waals surface area (Å²) in [5.74, 6) is 0.374. The Morgan fingerprint density at radius 1 is 1.11 bits per heavy atom. The Hall–Kier alpha value is -2.68. The van der Waals surface area contributed by atoms with E-state index in [1.54, 1.807) is 12.1 Å². The summed E-state index contributed by atoms with van der Waals surface area (Å²) in [5, 5.41) is 2.69. The highest BCUT2D eigenvalue weighted by Gasteiger charge is 2.30. The number of ether oxygens (including phenoxy) is 3. The summed E-state index contributed by atoms with van der Waals surface area (Å²) in [7, 11) is 0. The summed E-state index contributed by atoms with van der Waals surface area (Å²) in [4.78, 5) is 12.1. The van der Waals surface area contributed by atoms with Crippen molar-refractivity contribution in [3.05, 3.63) is 52.5 Å². The first-order valence-electron chi connectivity index (χ1n) is 7.74. The number of anilines is 1. The van der Waals surface area contributed by atoms with E-state index in [1.807, 2.05) is 0 Å². The minimum absolute atomic E-state index is 0.329. The van der Waals surface area contributed by atoms with Gasteiger partial charge in [0.1, 0.15) is 19.0 Å². The van der Waals surface area contributed by atoms with E-state index in [-0.39, 0.29) is 5.75 Å². The van der Waals surface area contributed by atoms with Crippen LogP contribution >= 0.6 is 15.9 Å². The number of amides is 1. The van der Waals surface area contributed by atoms with E-state index in [1.165, 1.54) is 36.4 Å². The number of benzene rings is 2. The molecule has 1 heterocycles. The summed E-state index contributed by atoms with van der Waals surface area (Å²) in [5.41, 5.74) is 1.05. The fraction of sp³-hybridized carbons (Fsp3) is 0.167. The van der Waals surface area contributed by atoms with Crippen molar-refractivity contribution in [1.82, 2.24) is 0 Å². The van der Waals surface area contributed by atoms with Gasteiger partial charge in [0.25, 0.3) is 0 Å². The van der Waals surface area contributed by atoms with Crippen LogP contribution in [-0.4, -0.2) is 25.5 Å². The maximum absolute atomic E-state index is 12.1. The van der Waals surface area contributed by atoms with Crippen molar-refractivity contribution in [2.24, 2.45) is 0 Å². The quantitative estimate of drug-likeness (QED) is 0.691. The van der Waals surface area contributed by atoms with Gasteiger partial charge in [-0.05, 0) is 39.7 Å². The first-order chi connectivity index (χ1) is 12.8. The number of fused-ring (bicyclic) bond motifs is 1. The molecule has 1 aliphatic rings. The Labute approximate surface area is 160 Å². The fourth-order valence-corrected chi connectivity index (χ4v) is 2.71. The normalized spacial score (nSPS) is 13.5. The number of carbonyl (C=O) groups is 1. The van der Waals surface area contributed by atoms with Crippen LogP contribution in [0.5, 0.6) is 17.2 Å². The molecule has 0 aromatic heterocycles. The van der Waals surface area contributed by atoms with Gasteiger partial charge in [0, 0.05) is 22.7 Å². The minimum Gasteiger partial charge on any atom is -0.486 e. The molecule has 0 atom stereocenters. The third-order valence-corrected chi connectivity index (χ3v) is 4.09. The second-order valence-corrected chi connectivity index (χ2v) is 6.27. The predicted molar refractivity (Wildman–Crippen MR) is 95.9 cm³/mol. The molecule has 2 aromatic rings. The highest BCUT2D eigenvalue weighted by Crippen LogP contribution is 2.38. The maximum Gasteiger partial charge on any atom is 0.573 e. The van der Waals surface area contributed by atoms with Crippen molar-refractivity contribution in [2.75, 3.05) is 18.5 Å². The molecule has 0 bridgehead atoms. The van der Waals surface area contributed by atoms with E-state index < -0.39 is 12.3 Å². The van der Waals surface area contributed by atoms with E-state index >= 15 is 0 Å². The molecular formula is C18H13BrF3NO4. The number of nitrogens with one attached hydrogen (secondary N) is 1. The maximum atomic E-state index is 12.1. The van der Waals surface area contributed by atoms with Crippen LogP contribution in [0.4, 0.5) is 18.9 Å². The van der Waals surface area contributed by atoms with Crippen LogP contribution < -0.4 is 19.5 Å². The van der Waals surface area contributed by atoms with Crippen molar-refractivity contribution in [1.29, 1.82) is 0 Å². The molecule has 0 fully saturated rings. The van der Waals surface area contributed by atoms with E-state index in [0.29, 0.717) is 40.4 Å². The first-order valence-corrected chi connectivity index (χ1v) is 8.53. The first kappa shape index (κ1) is 19.1. The molecule has 142 valence electrons. The molecule has 0 saturated heterocycles. The monoisotopic (exact) mass is 443 g/mol. The zero-order valence-electron chi connectivity index (χ0n) is 13.7. The predicted octanol–water partition coefficient (Wildman–Crippen LogP) is 4.77. The highest BCUT2D eigenvalue weighted by atomic mass is 79.9. The number of carbonyl (C=O) groups excluding carboxylic acids is 1. The molecule has 9 heteroatoms. The lowest BCUT2D eigenvalue weighted by molar-refractivity contribution is -0.274. The topological polar surface area (TPSA) is 56.8 Å². The van der Waals surface area contributed by atoms with Gasteiger partial charge in [-0.3, -0.25) is 4.79 Å². The van der Waals surface area contributed by atoms with Crippen LogP contribution in [-0.2, 0) is 4.79 Å². The Morgan fingerprint density at radius 3 is 2.37 bits per heavy atom. The average Bonchev–Trinajstić information content (AvgIpc) is 2.60. The highest BCUT2D eigenvalue weighted by molar-refractivity contribution is 9.10. The van der Waals surface area contributed by atoms with Crippen LogP contribution in [0.2, 0.25) is 0 Å². The van der Waals surface area contributed by atoms with Crippen molar-refractivity contribution in [3.8, 4) is 17.2 Å². The number of hydrogen-bond acceptors (Lipinski definition) is 4. The molecule has 3 rings (SSSR count). The summed E-state index contributed by atoms with van der Waals surface area (Å²) in [6.07, 6.45) is -2.00. The SMILES string of the molecule is O=C(/C=C/c1ccc(OC(F)(F)F)cc1)Nc1cc2c(cc1Br)OCCO2. The van der Waals surface area contributed by atoms with E-state index in [9.17, 15) is 18.0 Å². The zero-order chi connectivity index (χ0) is 19.4. The molecule has 1 aliphatic heterocycles. The van der Waals surface area contributed by atoms with Gasteiger partial charge in [-0.25, -0.2) is 0 Å². The Kier molecular flexibility index (Phi) is 5.59. The molecule has 1 N–H and O–H groups in total. The second-order valence-electron chi connectivity index (χ2n) is 5.42. The smallest absolute Gasteiger partial charge is 0.486 e. The van der Waals surface area contributed by atoms with Crippen LogP contribution in [0, 0.1) is 0 Å². The number of alkyl halides is 3. The molecule has 0 unspecified atom stereocenters. The molecule has 27 heavy (non-hydrogen) atoms. The molecular weight excluding hydrogens is 431 g/mol. The molecule has 0 spiro atoms. The fourth-order valence-electron chi connectivity index (χ4n) is 2.29. The standard InChI is InChI=1S/C18H13BrF3NO4/c19-13-9-15-16(26-8-7-25-15)10-14(13)23-17(24)6-3-11-1-4-12(5-2-11)27-18(20,21)22/h1-6,9-10H,7-8H2,(H,23,24)/b6-3+. The Balaban J connectivity index is 1.64. The van der Waals surface area contributed by atoms with E-state index in [4.69, 9.17) is 9.47 Å². The largest absolute Gasteiger partial charge is 0.573 e. The molecule has 0 saturated carbocycles. The van der Waals surface area contributed by atoms with Gasteiger partial charge in [0.15, 0.2) is 11.5 Å². The van der Waals surface area contributed by atoms with Gasteiger partial charge in [-0.2, -0.15) is 0 Å². The minimum atomic E-state index is -4.74. The lowest BCUT2D eigenvalue weighted by Crippen LogP contribution is -2.16. The van der Waals surface area contributed by atoms with Crippen molar-refractivity contribution in [3.63, 3.8) is 0 Å². The van der Waals surface area contributed by atoms with Gasteiger partial charge < -0.3 is 19.5 Å². The van der Waals surface area contributed by atoms with Gasteiger partial charge >= 0.3 is 6.36 Å². The molecule has 5 nitrogen and oxygen atoms in total. The number of hydrogen-bond donors (Lipinski definition) is 1. The Morgan fingerprint density at radius 2 is 1.74 bits per heavy atom. The molecule has 2 aromatic carbocycles. The number of halogens is 4. The summed E-state index contributed by atoms with van der Waals surface area (Å²) in [6.45, 7) is 0.886. The molecule has 1 amide bonds. The summed E-state index contributed by atoms with van der Waals surface area (Å²) < 4.78 is 51.7. The summed E-state index contributed by atoms with van der Waals surface area (Å²) in [6, 6.07) is 8.50. The van der Waals surface area contributed by atoms with Crippen molar-refractivity contribution < 1.29 is 32.2 Å². The van der Waals surface area contributed by atoms with Gasteiger partial charge in [-0.1, -0.05) is 12.1 Å². The second kappa shape index (κ2) is 7.91. The third-order valence-electron chi connectivity index (χ3n) is 3.43. The van der Waals surface area contributed by atoms with Gasteiger partial charge in [0.05, 0.1) is 5.69 Å². The van der Waals surface area contributed by atoms with Crippen LogP contribution in [0.3, 0.4) is 0 Å². The van der Waals surface area contributed by atoms with Crippen LogP contribution in [0.25, 0.3) is 6.08 Å². The van der Waals surface area contributed by atoms with E-state index in [2.05, 4.69) is 26.0 Å². The van der Waals surface area contributed by atoms with Crippen molar-refractivity contribution >= 4 is 33.6 Å². The lowest BCUT2D eigenvalue weighted by atomic mass is 10.2.